The normalized spacial score (nSPS) is 23.6. The number of sulfone groups is 1. The van der Waals surface area contributed by atoms with Crippen LogP contribution in [0.1, 0.15) is 13.3 Å². The van der Waals surface area contributed by atoms with Crippen molar-refractivity contribution in [2.24, 2.45) is 5.92 Å². The van der Waals surface area contributed by atoms with E-state index in [1.165, 1.54) is 11.8 Å². The molecule has 4 rings (SSSR count). The highest BCUT2D eigenvalue weighted by Crippen LogP contribution is 2.45. The summed E-state index contributed by atoms with van der Waals surface area (Å²) in [5.41, 5.74) is 1.27. The van der Waals surface area contributed by atoms with Crippen LogP contribution < -0.4 is 5.32 Å². The zero-order valence-corrected chi connectivity index (χ0v) is 14.5. The maximum atomic E-state index is 12.8. The van der Waals surface area contributed by atoms with E-state index in [-0.39, 0.29) is 37.1 Å². The average Bonchev–Trinajstić information content (AvgIpc) is 3.06. The Morgan fingerprint density at radius 3 is 2.80 bits per heavy atom. The third kappa shape index (κ3) is 2.33. The number of nitrogens with one attached hydrogen (secondary N) is 1. The summed E-state index contributed by atoms with van der Waals surface area (Å²) in [7, 11) is -3.40. The SMILES string of the molecule is CC(=O)N1CC2(C1)C(C(=O)Nc1ccn3ccnc3c1)CCS2(=O)=O. The highest BCUT2D eigenvalue weighted by Gasteiger charge is 2.64. The number of carbonyl (C=O) groups is 2. The molecule has 2 saturated heterocycles. The first-order chi connectivity index (χ1) is 11.8. The topological polar surface area (TPSA) is 101 Å². The van der Waals surface area contributed by atoms with Gasteiger partial charge < -0.3 is 14.6 Å². The number of imidazole rings is 1. The van der Waals surface area contributed by atoms with E-state index in [1.807, 2.05) is 4.40 Å². The standard InChI is InChI=1S/C16H18N4O4S/c1-11(21)20-9-16(10-20)13(3-7-25(16,23)24)15(22)18-12-2-5-19-6-4-17-14(19)8-12/h2,4-6,8,13H,3,7,9-10H2,1H3,(H,18,22). The number of nitrogens with zero attached hydrogens (tertiary/aromatic N) is 3. The molecule has 8 nitrogen and oxygen atoms in total. The highest BCUT2D eigenvalue weighted by molar-refractivity contribution is 7.93. The molecule has 132 valence electrons. The predicted octanol–water partition coefficient (Wildman–Crippen LogP) is 0.308. The summed E-state index contributed by atoms with van der Waals surface area (Å²) in [6, 6.07) is 3.47. The smallest absolute Gasteiger partial charge is 0.229 e. The first-order valence-electron chi connectivity index (χ1n) is 8.04. The van der Waals surface area contributed by atoms with Crippen molar-refractivity contribution in [3.8, 4) is 0 Å². The molecule has 9 heteroatoms. The van der Waals surface area contributed by atoms with Crippen LogP contribution in [0.25, 0.3) is 5.65 Å². The van der Waals surface area contributed by atoms with Crippen molar-refractivity contribution in [2.75, 3.05) is 24.2 Å². The van der Waals surface area contributed by atoms with Crippen LogP contribution in [0, 0.1) is 5.92 Å². The summed E-state index contributed by atoms with van der Waals surface area (Å²) in [5, 5.41) is 2.81. The molecule has 0 aromatic carbocycles. The van der Waals surface area contributed by atoms with E-state index in [0.717, 1.165) is 0 Å². The molecule has 1 unspecified atom stereocenters. The first-order valence-corrected chi connectivity index (χ1v) is 9.69. The monoisotopic (exact) mass is 362 g/mol. The maximum Gasteiger partial charge on any atom is 0.229 e. The van der Waals surface area contributed by atoms with Crippen LogP contribution in [-0.2, 0) is 19.4 Å². The summed E-state index contributed by atoms with van der Waals surface area (Å²) in [5.74, 6) is -1.16. The van der Waals surface area contributed by atoms with E-state index in [0.29, 0.717) is 11.3 Å². The molecule has 2 fully saturated rings. The Morgan fingerprint density at radius 2 is 2.08 bits per heavy atom. The molecule has 4 heterocycles. The number of fused-ring (bicyclic) bond motifs is 1. The van der Waals surface area contributed by atoms with Gasteiger partial charge in [0.25, 0.3) is 0 Å². The van der Waals surface area contributed by atoms with Gasteiger partial charge in [0, 0.05) is 50.4 Å². The molecule has 0 bridgehead atoms. The highest BCUT2D eigenvalue weighted by atomic mass is 32.2. The second-order valence-electron chi connectivity index (χ2n) is 6.70. The minimum absolute atomic E-state index is 0.0177. The second-order valence-corrected chi connectivity index (χ2v) is 9.15. The van der Waals surface area contributed by atoms with Crippen LogP contribution >= 0.6 is 0 Å². The van der Waals surface area contributed by atoms with E-state index in [1.54, 1.807) is 30.7 Å². The van der Waals surface area contributed by atoms with Crippen LogP contribution in [0.5, 0.6) is 0 Å². The predicted molar refractivity (Wildman–Crippen MR) is 90.7 cm³/mol. The van der Waals surface area contributed by atoms with Gasteiger partial charge in [0.1, 0.15) is 10.4 Å². The van der Waals surface area contributed by atoms with E-state index >= 15 is 0 Å². The number of hydrogen-bond acceptors (Lipinski definition) is 5. The molecule has 1 spiro atoms. The summed E-state index contributed by atoms with van der Waals surface area (Å²) in [4.78, 5) is 29.9. The zero-order chi connectivity index (χ0) is 17.8. The molecule has 2 aromatic heterocycles. The van der Waals surface area contributed by atoms with Crippen molar-refractivity contribution in [3.63, 3.8) is 0 Å². The number of hydrogen-bond donors (Lipinski definition) is 1. The van der Waals surface area contributed by atoms with Gasteiger partial charge >= 0.3 is 0 Å². The van der Waals surface area contributed by atoms with Gasteiger partial charge in [-0.15, -0.1) is 0 Å². The molecule has 0 saturated carbocycles. The fourth-order valence-electron chi connectivity index (χ4n) is 3.78. The van der Waals surface area contributed by atoms with Gasteiger partial charge in [-0.1, -0.05) is 0 Å². The van der Waals surface area contributed by atoms with Gasteiger partial charge in [-0.05, 0) is 12.5 Å². The third-order valence-electron chi connectivity index (χ3n) is 5.27. The molecule has 2 aliphatic rings. The number of aromatic nitrogens is 2. The lowest BCUT2D eigenvalue weighted by Gasteiger charge is -2.49. The van der Waals surface area contributed by atoms with Crippen LogP contribution in [0.4, 0.5) is 5.69 Å². The van der Waals surface area contributed by atoms with Crippen molar-refractivity contribution >= 4 is 33.0 Å². The summed E-state index contributed by atoms with van der Waals surface area (Å²) in [6.45, 7) is 1.60. The molecule has 0 aliphatic carbocycles. The largest absolute Gasteiger partial charge is 0.340 e. The minimum atomic E-state index is -3.40. The van der Waals surface area contributed by atoms with Crippen molar-refractivity contribution in [1.82, 2.24) is 14.3 Å². The van der Waals surface area contributed by atoms with E-state index in [2.05, 4.69) is 10.3 Å². The Bertz CT molecular complexity index is 975. The van der Waals surface area contributed by atoms with Crippen molar-refractivity contribution in [3.05, 3.63) is 30.7 Å². The molecular formula is C16H18N4O4S. The van der Waals surface area contributed by atoms with Gasteiger partial charge in [-0.2, -0.15) is 0 Å². The van der Waals surface area contributed by atoms with E-state index in [4.69, 9.17) is 0 Å². The van der Waals surface area contributed by atoms with Gasteiger partial charge in [-0.25, -0.2) is 13.4 Å². The van der Waals surface area contributed by atoms with E-state index < -0.39 is 20.5 Å². The third-order valence-corrected chi connectivity index (χ3v) is 7.83. The van der Waals surface area contributed by atoms with Crippen molar-refractivity contribution in [1.29, 1.82) is 0 Å². The molecule has 2 aromatic rings. The summed E-state index contributed by atoms with van der Waals surface area (Å²) < 4.78 is 25.7. The number of rotatable bonds is 2. The molecule has 25 heavy (non-hydrogen) atoms. The average molecular weight is 362 g/mol. The molecule has 1 N–H and O–H groups in total. The lowest BCUT2D eigenvalue weighted by Crippen LogP contribution is -2.69. The minimum Gasteiger partial charge on any atom is -0.340 e. The van der Waals surface area contributed by atoms with Gasteiger partial charge in [0.05, 0.1) is 11.7 Å². The lowest BCUT2D eigenvalue weighted by atomic mass is 9.82. The van der Waals surface area contributed by atoms with Gasteiger partial charge in [0.2, 0.25) is 11.8 Å². The molecule has 2 aliphatic heterocycles. The molecule has 2 amide bonds. The first kappa shape index (κ1) is 16.1. The number of carbonyl (C=O) groups excluding carboxylic acids is 2. The number of likely N-dealkylation sites (tertiary alicyclic amines) is 1. The fourth-order valence-corrected chi connectivity index (χ4v) is 6.10. The van der Waals surface area contributed by atoms with Crippen LogP contribution in [0.3, 0.4) is 0 Å². The van der Waals surface area contributed by atoms with E-state index in [9.17, 15) is 18.0 Å². The number of anilines is 1. The Kier molecular flexibility index (Phi) is 3.40. The number of amides is 2. The Hall–Kier alpha value is -2.42. The Labute approximate surface area is 144 Å². The van der Waals surface area contributed by atoms with Crippen molar-refractivity contribution < 1.29 is 18.0 Å². The maximum absolute atomic E-state index is 12.8. The zero-order valence-electron chi connectivity index (χ0n) is 13.7. The van der Waals surface area contributed by atoms with Crippen LogP contribution in [0.15, 0.2) is 30.7 Å². The molecule has 0 radical (unpaired) electrons. The summed E-state index contributed by atoms with van der Waals surface area (Å²) >= 11 is 0. The fraction of sp³-hybridized carbons (Fsp3) is 0.438. The Morgan fingerprint density at radius 1 is 1.32 bits per heavy atom. The van der Waals surface area contributed by atoms with Crippen LogP contribution in [0.2, 0.25) is 0 Å². The second kappa shape index (κ2) is 5.29. The lowest BCUT2D eigenvalue weighted by molar-refractivity contribution is -0.137. The number of pyridine rings is 1. The van der Waals surface area contributed by atoms with Crippen LogP contribution in [-0.4, -0.2) is 58.1 Å². The Balaban J connectivity index is 1.57. The van der Waals surface area contributed by atoms with Crippen molar-refractivity contribution in [2.45, 2.75) is 18.1 Å². The quantitative estimate of drug-likeness (QED) is 0.829. The molecular weight excluding hydrogens is 344 g/mol. The van der Waals surface area contributed by atoms with Gasteiger partial charge in [0.15, 0.2) is 9.84 Å². The summed E-state index contributed by atoms with van der Waals surface area (Å²) in [6.07, 6.45) is 5.51. The molecule has 1 atom stereocenters. The van der Waals surface area contributed by atoms with Gasteiger partial charge in [-0.3, -0.25) is 9.59 Å².